The molecule has 2 aromatic rings. The number of carbonyl (C=O) groups is 1. The standard InChI is InChI=1S/C16H19N3O4S/c1-23-15(20)16(7-3-8-16)19(11-5-6-11)24(21,22)13-10-18-14-12(13)4-2-9-17-14/h2,4,9-11H,3,5-8H2,1H3,(H,17,18). The Balaban J connectivity index is 1.85. The van der Waals surface area contributed by atoms with E-state index in [4.69, 9.17) is 4.74 Å². The first-order valence-electron chi connectivity index (χ1n) is 8.06. The number of pyridine rings is 1. The molecule has 0 bridgehead atoms. The van der Waals surface area contributed by atoms with Crippen molar-refractivity contribution in [3.8, 4) is 0 Å². The van der Waals surface area contributed by atoms with Crippen molar-refractivity contribution in [2.24, 2.45) is 0 Å². The molecular weight excluding hydrogens is 330 g/mol. The maximum atomic E-state index is 13.4. The number of aromatic amines is 1. The average Bonchev–Trinajstić information content (AvgIpc) is 3.26. The predicted octanol–water partition coefficient (Wildman–Crippen LogP) is 1.81. The molecule has 2 aliphatic carbocycles. The lowest BCUT2D eigenvalue weighted by molar-refractivity contribution is -0.157. The highest BCUT2D eigenvalue weighted by Crippen LogP contribution is 2.48. The second kappa shape index (κ2) is 5.29. The Bertz CT molecular complexity index is 897. The molecule has 0 unspecified atom stereocenters. The lowest BCUT2D eigenvalue weighted by Gasteiger charge is -2.46. The summed E-state index contributed by atoms with van der Waals surface area (Å²) in [7, 11) is -2.52. The minimum absolute atomic E-state index is 0.129. The highest BCUT2D eigenvalue weighted by Gasteiger charge is 2.59. The van der Waals surface area contributed by atoms with Gasteiger partial charge in [0.25, 0.3) is 0 Å². The first-order chi connectivity index (χ1) is 11.5. The number of methoxy groups -OCH3 is 1. The maximum Gasteiger partial charge on any atom is 0.327 e. The molecule has 24 heavy (non-hydrogen) atoms. The SMILES string of the molecule is COC(=O)C1(N(C2CC2)S(=O)(=O)c2c[nH]c3ncccc23)CCC1. The van der Waals surface area contributed by atoms with Gasteiger partial charge in [0.1, 0.15) is 16.1 Å². The fraction of sp³-hybridized carbons (Fsp3) is 0.500. The summed E-state index contributed by atoms with van der Waals surface area (Å²) in [6, 6.07) is 3.30. The number of fused-ring (bicyclic) bond motifs is 1. The number of ether oxygens (including phenoxy) is 1. The number of aromatic nitrogens is 2. The largest absolute Gasteiger partial charge is 0.468 e. The van der Waals surface area contributed by atoms with Crippen LogP contribution in [0.1, 0.15) is 32.1 Å². The minimum atomic E-state index is -3.83. The molecule has 128 valence electrons. The quantitative estimate of drug-likeness (QED) is 0.831. The van der Waals surface area contributed by atoms with Gasteiger partial charge in [-0.1, -0.05) is 0 Å². The van der Waals surface area contributed by atoms with Crippen molar-refractivity contribution in [3.05, 3.63) is 24.5 Å². The predicted molar refractivity (Wildman–Crippen MR) is 86.7 cm³/mol. The lowest BCUT2D eigenvalue weighted by atomic mass is 9.76. The fourth-order valence-electron chi connectivity index (χ4n) is 3.55. The summed E-state index contributed by atoms with van der Waals surface area (Å²) in [6.45, 7) is 0. The number of carbonyl (C=O) groups excluding carboxylic acids is 1. The van der Waals surface area contributed by atoms with Gasteiger partial charge in [-0.2, -0.15) is 4.31 Å². The molecule has 2 saturated carbocycles. The average molecular weight is 349 g/mol. The molecule has 0 atom stereocenters. The van der Waals surface area contributed by atoms with Crippen molar-refractivity contribution < 1.29 is 17.9 Å². The van der Waals surface area contributed by atoms with E-state index in [-0.39, 0.29) is 10.9 Å². The number of hydrogen-bond donors (Lipinski definition) is 1. The molecule has 8 heteroatoms. The van der Waals surface area contributed by atoms with Gasteiger partial charge in [-0.15, -0.1) is 0 Å². The van der Waals surface area contributed by atoms with Crippen molar-refractivity contribution >= 4 is 27.0 Å². The highest BCUT2D eigenvalue weighted by atomic mass is 32.2. The Morgan fingerprint density at radius 1 is 1.42 bits per heavy atom. The number of sulfonamides is 1. The van der Waals surface area contributed by atoms with Crippen molar-refractivity contribution in [1.29, 1.82) is 0 Å². The first kappa shape index (κ1) is 15.6. The summed E-state index contributed by atoms with van der Waals surface area (Å²) >= 11 is 0. The van der Waals surface area contributed by atoms with Crippen LogP contribution in [-0.4, -0.2) is 47.4 Å². The van der Waals surface area contributed by atoms with Crippen LogP contribution in [0.3, 0.4) is 0 Å². The van der Waals surface area contributed by atoms with Crippen molar-refractivity contribution in [3.63, 3.8) is 0 Å². The lowest BCUT2D eigenvalue weighted by Crippen LogP contribution is -2.62. The van der Waals surface area contributed by atoms with E-state index < -0.39 is 21.5 Å². The van der Waals surface area contributed by atoms with Gasteiger partial charge in [0, 0.05) is 23.8 Å². The highest BCUT2D eigenvalue weighted by molar-refractivity contribution is 7.89. The Morgan fingerprint density at radius 2 is 2.17 bits per heavy atom. The van der Waals surface area contributed by atoms with E-state index in [1.807, 2.05) is 0 Å². The number of H-pyrrole nitrogens is 1. The van der Waals surface area contributed by atoms with Crippen LogP contribution in [0.2, 0.25) is 0 Å². The topological polar surface area (TPSA) is 92.4 Å². The third kappa shape index (κ3) is 2.09. The van der Waals surface area contributed by atoms with Crippen molar-refractivity contribution in [1.82, 2.24) is 14.3 Å². The van der Waals surface area contributed by atoms with E-state index in [1.54, 1.807) is 18.3 Å². The van der Waals surface area contributed by atoms with E-state index in [9.17, 15) is 13.2 Å². The zero-order valence-corrected chi connectivity index (χ0v) is 14.2. The van der Waals surface area contributed by atoms with Gasteiger partial charge in [-0.25, -0.2) is 13.4 Å². The summed E-state index contributed by atoms with van der Waals surface area (Å²) in [5, 5.41) is 0.544. The maximum absolute atomic E-state index is 13.4. The molecule has 0 saturated heterocycles. The second-order valence-corrected chi connectivity index (χ2v) is 8.24. The summed E-state index contributed by atoms with van der Waals surface area (Å²) in [5.41, 5.74) is -0.534. The number of hydrogen-bond acceptors (Lipinski definition) is 5. The normalized spacial score (nSPS) is 20.1. The fourth-order valence-corrected chi connectivity index (χ4v) is 5.73. The van der Waals surface area contributed by atoms with Gasteiger partial charge in [-0.05, 0) is 44.2 Å². The first-order valence-corrected chi connectivity index (χ1v) is 9.50. The molecule has 0 radical (unpaired) electrons. The van der Waals surface area contributed by atoms with Gasteiger partial charge in [0.2, 0.25) is 10.0 Å². The molecule has 0 aliphatic heterocycles. The minimum Gasteiger partial charge on any atom is -0.468 e. The molecule has 0 spiro atoms. The third-order valence-electron chi connectivity index (χ3n) is 5.00. The van der Waals surface area contributed by atoms with E-state index in [0.29, 0.717) is 23.9 Å². The van der Waals surface area contributed by atoms with E-state index in [1.165, 1.54) is 17.6 Å². The van der Waals surface area contributed by atoms with Crippen LogP contribution in [0.25, 0.3) is 11.0 Å². The number of nitrogens with zero attached hydrogens (tertiary/aromatic N) is 2. The van der Waals surface area contributed by atoms with Gasteiger partial charge >= 0.3 is 5.97 Å². The van der Waals surface area contributed by atoms with Crippen LogP contribution < -0.4 is 0 Å². The molecule has 4 rings (SSSR count). The van der Waals surface area contributed by atoms with Crippen molar-refractivity contribution in [2.75, 3.05) is 7.11 Å². The summed E-state index contributed by atoms with van der Waals surface area (Å²) in [6.07, 6.45) is 6.47. The Kier molecular flexibility index (Phi) is 3.43. The monoisotopic (exact) mass is 349 g/mol. The number of rotatable bonds is 5. The molecule has 1 N–H and O–H groups in total. The van der Waals surface area contributed by atoms with Gasteiger partial charge in [0.05, 0.1) is 7.11 Å². The summed E-state index contributed by atoms with van der Waals surface area (Å²) in [5.74, 6) is -0.456. The Morgan fingerprint density at radius 3 is 2.75 bits per heavy atom. The van der Waals surface area contributed by atoms with E-state index in [2.05, 4.69) is 9.97 Å². The van der Waals surface area contributed by atoms with Crippen LogP contribution in [0, 0.1) is 0 Å². The van der Waals surface area contributed by atoms with Crippen molar-refractivity contribution in [2.45, 2.75) is 48.6 Å². The van der Waals surface area contributed by atoms with E-state index >= 15 is 0 Å². The molecular formula is C16H19N3O4S. The van der Waals surface area contributed by atoms with Crippen LogP contribution >= 0.6 is 0 Å². The molecule has 2 aliphatic rings. The second-order valence-electron chi connectivity index (χ2n) is 6.46. The summed E-state index contributed by atoms with van der Waals surface area (Å²) < 4.78 is 33.2. The smallest absolute Gasteiger partial charge is 0.327 e. The molecule has 2 aromatic heterocycles. The number of nitrogens with one attached hydrogen (secondary N) is 1. The molecule has 0 amide bonds. The van der Waals surface area contributed by atoms with Crippen LogP contribution in [0.15, 0.2) is 29.4 Å². The molecule has 7 nitrogen and oxygen atoms in total. The zero-order chi connectivity index (χ0) is 16.9. The Hall–Kier alpha value is -1.93. The third-order valence-corrected chi connectivity index (χ3v) is 7.06. The molecule has 0 aromatic carbocycles. The molecule has 2 heterocycles. The molecule has 2 fully saturated rings. The van der Waals surface area contributed by atoms with Crippen LogP contribution in [0.5, 0.6) is 0 Å². The van der Waals surface area contributed by atoms with E-state index in [0.717, 1.165) is 19.3 Å². The van der Waals surface area contributed by atoms with Gasteiger partial charge < -0.3 is 9.72 Å². The van der Waals surface area contributed by atoms with Crippen LogP contribution in [-0.2, 0) is 19.6 Å². The van der Waals surface area contributed by atoms with Gasteiger partial charge in [-0.3, -0.25) is 4.79 Å². The van der Waals surface area contributed by atoms with Gasteiger partial charge in [0.15, 0.2) is 0 Å². The number of esters is 1. The zero-order valence-electron chi connectivity index (χ0n) is 13.4. The Labute approximate surface area is 140 Å². The van der Waals surface area contributed by atoms with Crippen LogP contribution in [0.4, 0.5) is 0 Å². The summed E-state index contributed by atoms with van der Waals surface area (Å²) in [4.78, 5) is 19.7.